The number of fused-ring (bicyclic) bond motifs is 2. The number of nitrogen functional groups attached to an aromatic ring is 2. The van der Waals surface area contributed by atoms with Gasteiger partial charge < -0.3 is 35.8 Å². The van der Waals surface area contributed by atoms with Crippen LogP contribution in [-0.2, 0) is 26.2 Å². The zero-order chi connectivity index (χ0) is 36.8. The molecule has 2 aromatic carbocycles. The Morgan fingerprint density at radius 3 is 1.69 bits per heavy atom. The third-order valence-corrected chi connectivity index (χ3v) is 12.3. The third kappa shape index (κ3) is 6.26. The Morgan fingerprint density at radius 2 is 1.23 bits per heavy atom. The summed E-state index contributed by atoms with van der Waals surface area (Å²) in [6.45, 7) is 2.23. The number of nitrogens with one attached hydrogen (secondary N) is 2. The summed E-state index contributed by atoms with van der Waals surface area (Å²) >= 11 is 0. The Kier molecular flexibility index (Phi) is 8.79. The van der Waals surface area contributed by atoms with Crippen molar-refractivity contribution < 1.29 is 21.4 Å². The number of rotatable bonds is 9. The van der Waals surface area contributed by atoms with Gasteiger partial charge in [-0.05, 0) is 44.0 Å². The van der Waals surface area contributed by atoms with Crippen molar-refractivity contribution in [2.24, 2.45) is 0 Å². The first-order valence-electron chi connectivity index (χ1n) is 16.1. The van der Waals surface area contributed by atoms with E-state index in [1.807, 2.05) is 36.9 Å². The van der Waals surface area contributed by atoms with E-state index in [1.54, 1.807) is 48.5 Å². The summed E-state index contributed by atoms with van der Waals surface area (Å²) in [7, 11) is -3.85. The smallest absolute Gasteiger partial charge is 0.212 e. The van der Waals surface area contributed by atoms with Crippen LogP contribution >= 0.6 is 0 Å². The van der Waals surface area contributed by atoms with E-state index < -0.39 is 19.7 Å². The molecule has 268 valence electrons. The minimum Gasteiger partial charge on any atom is -0.384 e. The fourth-order valence-corrected chi connectivity index (χ4v) is 8.95. The first-order valence-corrected chi connectivity index (χ1v) is 19.0. The Hall–Kier alpha value is -6.01. The number of aromatic nitrogens is 7. The third-order valence-electron chi connectivity index (χ3n) is 8.60. The molecule has 0 saturated heterocycles. The summed E-state index contributed by atoms with van der Waals surface area (Å²) in [6, 6.07) is 18.6. The van der Waals surface area contributed by atoms with Crippen molar-refractivity contribution in [2.75, 3.05) is 35.4 Å². The molecule has 1 aliphatic carbocycles. The summed E-state index contributed by atoms with van der Waals surface area (Å²) in [6.07, 6.45) is 4.91. The second kappa shape index (κ2) is 13.3. The molecule has 5 aromatic heterocycles. The lowest BCUT2D eigenvalue weighted by molar-refractivity contribution is 0.390. The zero-order valence-corrected chi connectivity index (χ0v) is 30.0. The van der Waals surface area contributed by atoms with Gasteiger partial charge in [0.25, 0.3) is 0 Å². The van der Waals surface area contributed by atoms with Crippen LogP contribution in [0, 0.1) is 6.92 Å². The largest absolute Gasteiger partial charge is 0.384 e. The molecule has 7 aromatic rings. The first kappa shape index (κ1) is 34.4. The van der Waals surface area contributed by atoms with E-state index >= 15 is 0 Å². The number of hydrogen-bond acceptors (Lipinski definition) is 14. The predicted octanol–water partition coefficient (Wildman–Crippen LogP) is 4.28. The van der Waals surface area contributed by atoms with Crippen LogP contribution in [0.2, 0.25) is 0 Å². The first-order chi connectivity index (χ1) is 24.9. The van der Waals surface area contributed by atoms with Gasteiger partial charge in [0.1, 0.15) is 67.6 Å². The highest BCUT2D eigenvalue weighted by Gasteiger charge is 2.32. The Labute approximate surface area is 298 Å². The van der Waals surface area contributed by atoms with Gasteiger partial charge in [-0.1, -0.05) is 41.6 Å². The van der Waals surface area contributed by atoms with Gasteiger partial charge in [0.15, 0.2) is 11.6 Å². The molecule has 0 unspecified atom stereocenters. The van der Waals surface area contributed by atoms with Gasteiger partial charge >= 0.3 is 0 Å². The maximum atomic E-state index is 13.1. The van der Waals surface area contributed by atoms with E-state index in [0.717, 1.165) is 18.5 Å². The maximum absolute atomic E-state index is 13.1. The molecular formula is C34H35N11O5S2. The van der Waals surface area contributed by atoms with Gasteiger partial charge in [-0.15, -0.1) is 0 Å². The molecule has 5 heterocycles. The van der Waals surface area contributed by atoms with Crippen LogP contribution in [0.4, 0.5) is 23.3 Å². The van der Waals surface area contributed by atoms with Crippen LogP contribution in [0.1, 0.15) is 24.3 Å². The lowest BCUT2D eigenvalue weighted by atomic mass is 10.3. The molecule has 0 spiro atoms. The lowest BCUT2D eigenvalue weighted by Crippen LogP contribution is -2.21. The van der Waals surface area contributed by atoms with E-state index in [0.29, 0.717) is 46.5 Å². The van der Waals surface area contributed by atoms with Crippen molar-refractivity contribution in [1.29, 1.82) is 0 Å². The number of nitrogens with zero attached hydrogens (tertiary/aromatic N) is 7. The average molecular weight is 742 g/mol. The Morgan fingerprint density at radius 1 is 0.750 bits per heavy atom. The Balaban J connectivity index is 0.000000164. The second-order valence-electron chi connectivity index (χ2n) is 12.3. The number of sulfone groups is 2. The van der Waals surface area contributed by atoms with Crippen LogP contribution in [0.25, 0.3) is 22.1 Å². The lowest BCUT2D eigenvalue weighted by Gasteiger charge is -2.17. The molecule has 6 N–H and O–H groups in total. The minimum atomic E-state index is -3.84. The highest BCUT2D eigenvalue weighted by Crippen LogP contribution is 2.38. The van der Waals surface area contributed by atoms with E-state index in [4.69, 9.17) is 16.0 Å². The topological polar surface area (TPSA) is 236 Å². The van der Waals surface area contributed by atoms with Crippen molar-refractivity contribution in [3.05, 3.63) is 90.8 Å². The van der Waals surface area contributed by atoms with Gasteiger partial charge in [-0.3, -0.25) is 0 Å². The number of anilines is 4. The molecular weight excluding hydrogens is 707 g/mol. The molecule has 0 atom stereocenters. The van der Waals surface area contributed by atoms with Gasteiger partial charge in [0.2, 0.25) is 19.7 Å². The average Bonchev–Trinajstić information content (AvgIpc) is 3.68. The summed E-state index contributed by atoms with van der Waals surface area (Å²) in [5.41, 5.74) is 14.4. The molecule has 16 nitrogen and oxygen atoms in total. The van der Waals surface area contributed by atoms with Crippen LogP contribution in [0.5, 0.6) is 0 Å². The second-order valence-corrected chi connectivity index (χ2v) is 16.1. The van der Waals surface area contributed by atoms with Crippen molar-refractivity contribution in [3.63, 3.8) is 0 Å². The SMILES string of the molecule is CN(c1ncnc2c(S(=O)(=O)c3ccccc3)c(N)[nH]c12)C1CC1.Cc1cc(CN(C)c2ncnc3c(S(=O)(=O)c4ccccc4)c(N)[nH]c23)no1. The highest BCUT2D eigenvalue weighted by molar-refractivity contribution is 7.92. The molecule has 1 aliphatic rings. The van der Waals surface area contributed by atoms with Crippen LogP contribution in [0.15, 0.2) is 103 Å². The fourth-order valence-electron chi connectivity index (χ4n) is 5.95. The number of aryl methyl sites for hydroxylation is 1. The summed E-state index contributed by atoms with van der Waals surface area (Å²) in [4.78, 5) is 27.0. The summed E-state index contributed by atoms with van der Waals surface area (Å²) in [5.74, 6) is 1.98. The highest BCUT2D eigenvalue weighted by atomic mass is 32.2. The molecule has 52 heavy (non-hydrogen) atoms. The quantitative estimate of drug-likeness (QED) is 0.162. The molecule has 18 heteroatoms. The fraction of sp³-hybridized carbons (Fsp3) is 0.206. The summed E-state index contributed by atoms with van der Waals surface area (Å²) < 4.78 is 57.3. The molecule has 1 fully saturated rings. The zero-order valence-electron chi connectivity index (χ0n) is 28.3. The molecule has 0 aliphatic heterocycles. The Bertz CT molecular complexity index is 2620. The van der Waals surface area contributed by atoms with Crippen molar-refractivity contribution >= 4 is 65.0 Å². The minimum absolute atomic E-state index is 0.0107. The van der Waals surface area contributed by atoms with Crippen LogP contribution < -0.4 is 21.3 Å². The van der Waals surface area contributed by atoms with Crippen LogP contribution in [-0.4, -0.2) is 72.0 Å². The van der Waals surface area contributed by atoms with E-state index in [2.05, 4.69) is 35.1 Å². The van der Waals surface area contributed by atoms with E-state index in [1.165, 1.54) is 24.8 Å². The molecule has 0 amide bonds. The number of benzene rings is 2. The number of aromatic amines is 2. The van der Waals surface area contributed by atoms with Crippen molar-refractivity contribution in [3.8, 4) is 0 Å². The molecule has 1 saturated carbocycles. The number of nitrogens with two attached hydrogens (primary N) is 2. The van der Waals surface area contributed by atoms with Crippen molar-refractivity contribution in [2.45, 2.75) is 51.9 Å². The van der Waals surface area contributed by atoms with Crippen molar-refractivity contribution in [1.82, 2.24) is 35.1 Å². The van der Waals surface area contributed by atoms with E-state index in [9.17, 15) is 16.8 Å². The maximum Gasteiger partial charge on any atom is 0.212 e. The number of hydrogen-bond donors (Lipinski definition) is 4. The van der Waals surface area contributed by atoms with Gasteiger partial charge in [-0.2, -0.15) is 0 Å². The molecule has 8 rings (SSSR count). The number of H-pyrrole nitrogens is 2. The van der Waals surface area contributed by atoms with E-state index in [-0.39, 0.29) is 36.7 Å². The normalized spacial score (nSPS) is 13.2. The van der Waals surface area contributed by atoms with Crippen LogP contribution in [0.3, 0.4) is 0 Å². The monoisotopic (exact) mass is 741 g/mol. The molecule has 0 radical (unpaired) electrons. The van der Waals surface area contributed by atoms with Gasteiger partial charge in [-0.25, -0.2) is 36.8 Å². The standard InChI is InChI=1S/C18H18N6O3S.C16H17N5O2S/c1-11-8-12(23-27-11)9-24(2)18-15-14(20-10-21-18)16(17(19)22-15)28(25,26)13-6-4-3-5-7-13;1-21(10-7-8-10)16-13-12(18-9-19-16)14(15(17)20-13)24(22,23)11-5-3-2-4-6-11/h3-8,10,22H,9,19H2,1-2H3;2-6,9-10,20H,7-8,17H2,1H3. The predicted molar refractivity (Wildman–Crippen MR) is 195 cm³/mol. The molecule has 0 bridgehead atoms. The van der Waals surface area contributed by atoms with Gasteiger partial charge in [0, 0.05) is 26.2 Å². The summed E-state index contributed by atoms with van der Waals surface area (Å²) in [5, 5.41) is 3.97. The van der Waals surface area contributed by atoms with Gasteiger partial charge in [0.05, 0.1) is 16.3 Å².